The summed E-state index contributed by atoms with van der Waals surface area (Å²) in [5.41, 5.74) is 0.961. The normalized spacial score (nSPS) is 14.1. The van der Waals surface area contributed by atoms with Crippen LogP contribution in [0.15, 0.2) is 66.7 Å². The Morgan fingerprint density at radius 1 is 0.862 bits per heavy atom. The van der Waals surface area contributed by atoms with Crippen LogP contribution in [-0.2, 0) is 9.53 Å². The second-order valence-electron chi connectivity index (χ2n) is 6.96. The highest BCUT2D eigenvalue weighted by atomic mass is 19.1. The molecule has 1 saturated heterocycles. The molecule has 1 amide bonds. The minimum Gasteiger partial charge on any atom is -0.452 e. The van der Waals surface area contributed by atoms with Gasteiger partial charge in [-0.1, -0.05) is 42.5 Å². The van der Waals surface area contributed by atoms with Crippen LogP contribution in [0.1, 0.15) is 10.4 Å². The van der Waals surface area contributed by atoms with Crippen LogP contribution in [0, 0.1) is 5.82 Å². The van der Waals surface area contributed by atoms with Crippen molar-refractivity contribution in [2.75, 3.05) is 37.7 Å². The van der Waals surface area contributed by atoms with E-state index in [-0.39, 0.29) is 18.3 Å². The summed E-state index contributed by atoms with van der Waals surface area (Å²) in [5.74, 6) is -1.03. The molecule has 0 N–H and O–H groups in total. The number of piperazine rings is 1. The van der Waals surface area contributed by atoms with Gasteiger partial charge in [0.25, 0.3) is 5.91 Å². The molecule has 0 unspecified atom stereocenters. The van der Waals surface area contributed by atoms with E-state index in [9.17, 15) is 14.0 Å². The number of halogens is 1. The van der Waals surface area contributed by atoms with Crippen molar-refractivity contribution in [3.05, 3.63) is 78.1 Å². The van der Waals surface area contributed by atoms with E-state index in [4.69, 9.17) is 4.74 Å². The number of fused-ring (bicyclic) bond motifs is 1. The molecule has 29 heavy (non-hydrogen) atoms. The van der Waals surface area contributed by atoms with Crippen molar-refractivity contribution in [2.24, 2.45) is 0 Å². The molecule has 0 spiro atoms. The number of rotatable bonds is 4. The molecule has 3 aromatic carbocycles. The van der Waals surface area contributed by atoms with Crippen LogP contribution in [0.4, 0.5) is 10.1 Å². The lowest BCUT2D eigenvalue weighted by Crippen LogP contribution is -2.50. The van der Waals surface area contributed by atoms with Crippen LogP contribution in [0.3, 0.4) is 0 Å². The fraction of sp³-hybridized carbons (Fsp3) is 0.217. The standard InChI is InChI=1S/C23H21FN2O3/c24-20-7-3-4-8-21(20)25-11-13-26(14-12-25)22(27)16-29-23(28)19-10-9-17-5-1-2-6-18(17)15-19/h1-10,15H,11-14,16H2. The Balaban J connectivity index is 1.30. The van der Waals surface area contributed by atoms with Gasteiger partial charge in [0.05, 0.1) is 11.3 Å². The zero-order valence-corrected chi connectivity index (χ0v) is 15.9. The first kappa shape index (κ1) is 18.9. The fourth-order valence-corrected chi connectivity index (χ4v) is 3.52. The van der Waals surface area contributed by atoms with E-state index >= 15 is 0 Å². The molecule has 1 aliphatic heterocycles. The summed E-state index contributed by atoms with van der Waals surface area (Å²) in [7, 11) is 0. The SMILES string of the molecule is O=C(OCC(=O)N1CCN(c2ccccc2F)CC1)c1ccc2ccccc2c1. The summed E-state index contributed by atoms with van der Waals surface area (Å²) in [6.45, 7) is 1.68. The zero-order valence-electron chi connectivity index (χ0n) is 15.9. The van der Waals surface area contributed by atoms with Crippen LogP contribution < -0.4 is 4.90 Å². The van der Waals surface area contributed by atoms with Crippen LogP contribution in [0.2, 0.25) is 0 Å². The molecule has 0 radical (unpaired) electrons. The van der Waals surface area contributed by atoms with Crippen molar-refractivity contribution in [1.82, 2.24) is 4.90 Å². The topological polar surface area (TPSA) is 49.9 Å². The maximum Gasteiger partial charge on any atom is 0.338 e. The fourth-order valence-electron chi connectivity index (χ4n) is 3.52. The van der Waals surface area contributed by atoms with Crippen LogP contribution >= 0.6 is 0 Å². The number of benzene rings is 3. The Morgan fingerprint density at radius 3 is 2.31 bits per heavy atom. The Morgan fingerprint density at radius 2 is 1.55 bits per heavy atom. The number of amides is 1. The van der Waals surface area contributed by atoms with Gasteiger partial charge in [0, 0.05) is 26.2 Å². The first-order valence-electron chi connectivity index (χ1n) is 9.55. The van der Waals surface area contributed by atoms with Gasteiger partial charge in [0.2, 0.25) is 0 Å². The lowest BCUT2D eigenvalue weighted by atomic mass is 10.1. The Labute approximate surface area is 168 Å². The van der Waals surface area contributed by atoms with Gasteiger partial charge in [-0.2, -0.15) is 0 Å². The third kappa shape index (κ3) is 4.21. The largest absolute Gasteiger partial charge is 0.452 e. The average Bonchev–Trinajstić information content (AvgIpc) is 2.77. The van der Waals surface area contributed by atoms with Gasteiger partial charge in [-0.15, -0.1) is 0 Å². The van der Waals surface area contributed by atoms with Crippen molar-refractivity contribution in [2.45, 2.75) is 0 Å². The first-order chi connectivity index (χ1) is 14.1. The molecule has 148 valence electrons. The molecule has 0 aliphatic carbocycles. The predicted molar refractivity (Wildman–Crippen MR) is 109 cm³/mol. The third-order valence-electron chi connectivity index (χ3n) is 5.14. The molecule has 6 heteroatoms. The second kappa shape index (κ2) is 8.31. The zero-order chi connectivity index (χ0) is 20.2. The van der Waals surface area contributed by atoms with E-state index in [2.05, 4.69) is 0 Å². The molecule has 1 heterocycles. The van der Waals surface area contributed by atoms with Crippen molar-refractivity contribution < 1.29 is 18.7 Å². The van der Waals surface area contributed by atoms with Gasteiger partial charge in [0.1, 0.15) is 5.82 Å². The Hall–Kier alpha value is -3.41. The number of hydrogen-bond donors (Lipinski definition) is 0. The van der Waals surface area contributed by atoms with E-state index in [1.807, 2.05) is 35.2 Å². The minimum absolute atomic E-state index is 0.243. The van der Waals surface area contributed by atoms with Crippen molar-refractivity contribution >= 4 is 28.3 Å². The summed E-state index contributed by atoms with van der Waals surface area (Å²) in [6.07, 6.45) is 0. The van der Waals surface area contributed by atoms with E-state index in [0.29, 0.717) is 37.4 Å². The molecule has 0 aromatic heterocycles. The maximum absolute atomic E-state index is 13.9. The van der Waals surface area contributed by atoms with Gasteiger partial charge < -0.3 is 14.5 Å². The number of hydrogen-bond acceptors (Lipinski definition) is 4. The van der Waals surface area contributed by atoms with Gasteiger partial charge in [-0.25, -0.2) is 9.18 Å². The number of para-hydroxylation sites is 1. The van der Waals surface area contributed by atoms with E-state index in [1.54, 1.807) is 35.2 Å². The van der Waals surface area contributed by atoms with Crippen molar-refractivity contribution in [3.63, 3.8) is 0 Å². The smallest absolute Gasteiger partial charge is 0.338 e. The highest BCUT2D eigenvalue weighted by molar-refractivity contribution is 5.96. The Kier molecular flexibility index (Phi) is 5.42. The Bertz CT molecular complexity index is 1040. The minimum atomic E-state index is -0.519. The molecule has 0 atom stereocenters. The van der Waals surface area contributed by atoms with Gasteiger partial charge in [0.15, 0.2) is 6.61 Å². The third-order valence-corrected chi connectivity index (χ3v) is 5.14. The second-order valence-corrected chi connectivity index (χ2v) is 6.96. The lowest BCUT2D eigenvalue weighted by molar-refractivity contribution is -0.134. The highest BCUT2D eigenvalue weighted by Gasteiger charge is 2.23. The lowest BCUT2D eigenvalue weighted by Gasteiger charge is -2.36. The maximum atomic E-state index is 13.9. The van der Waals surface area contributed by atoms with Crippen LogP contribution in [0.25, 0.3) is 10.8 Å². The molecule has 0 bridgehead atoms. The molecule has 5 nitrogen and oxygen atoms in total. The molecule has 0 saturated carbocycles. The number of carbonyl (C=O) groups excluding carboxylic acids is 2. The summed E-state index contributed by atoms with van der Waals surface area (Å²) in [5, 5.41) is 1.98. The number of carbonyl (C=O) groups is 2. The average molecular weight is 392 g/mol. The van der Waals surface area contributed by atoms with Gasteiger partial charge in [-0.3, -0.25) is 4.79 Å². The molecular weight excluding hydrogens is 371 g/mol. The molecular formula is C23H21FN2O3. The van der Waals surface area contributed by atoms with E-state index in [0.717, 1.165) is 10.8 Å². The monoisotopic (exact) mass is 392 g/mol. The number of esters is 1. The number of anilines is 1. The predicted octanol–water partition coefficient (Wildman–Crippen LogP) is 3.48. The van der Waals surface area contributed by atoms with Gasteiger partial charge >= 0.3 is 5.97 Å². The summed E-state index contributed by atoms with van der Waals surface area (Å²) in [6, 6.07) is 19.7. The number of ether oxygens (including phenoxy) is 1. The summed E-state index contributed by atoms with van der Waals surface area (Å²) < 4.78 is 19.1. The summed E-state index contributed by atoms with van der Waals surface area (Å²) >= 11 is 0. The number of nitrogens with zero attached hydrogens (tertiary/aromatic N) is 2. The van der Waals surface area contributed by atoms with Crippen LogP contribution in [-0.4, -0.2) is 49.6 Å². The first-order valence-corrected chi connectivity index (χ1v) is 9.55. The van der Waals surface area contributed by atoms with Crippen molar-refractivity contribution in [3.8, 4) is 0 Å². The molecule has 3 aromatic rings. The van der Waals surface area contributed by atoms with Gasteiger partial charge in [-0.05, 0) is 35.0 Å². The molecule has 1 aliphatic rings. The quantitative estimate of drug-likeness (QED) is 0.638. The van der Waals surface area contributed by atoms with E-state index in [1.165, 1.54) is 6.07 Å². The van der Waals surface area contributed by atoms with Crippen molar-refractivity contribution in [1.29, 1.82) is 0 Å². The van der Waals surface area contributed by atoms with E-state index < -0.39 is 5.97 Å². The summed E-state index contributed by atoms with van der Waals surface area (Å²) in [4.78, 5) is 28.3. The molecule has 4 rings (SSSR count). The highest BCUT2D eigenvalue weighted by Crippen LogP contribution is 2.20. The van der Waals surface area contributed by atoms with Crippen LogP contribution in [0.5, 0.6) is 0 Å². The molecule has 1 fully saturated rings.